The van der Waals surface area contributed by atoms with Gasteiger partial charge >= 0.3 is 0 Å². The lowest BCUT2D eigenvalue weighted by atomic mass is 9.99. The van der Waals surface area contributed by atoms with Gasteiger partial charge in [0.15, 0.2) is 17.3 Å². The Morgan fingerprint density at radius 1 is 1.04 bits per heavy atom. The van der Waals surface area contributed by atoms with Crippen molar-refractivity contribution < 1.29 is 14.3 Å². The van der Waals surface area contributed by atoms with E-state index < -0.39 is 0 Å². The minimum absolute atomic E-state index is 0.140. The van der Waals surface area contributed by atoms with Gasteiger partial charge in [0.2, 0.25) is 0 Å². The molecule has 2 heterocycles. The first kappa shape index (κ1) is 15.2. The Morgan fingerprint density at radius 2 is 1.83 bits per heavy atom. The van der Waals surface area contributed by atoms with Crippen LogP contribution in [0.1, 0.15) is 28.3 Å². The van der Waals surface area contributed by atoms with Crippen LogP contribution in [-0.2, 0) is 0 Å². The highest BCUT2D eigenvalue weighted by molar-refractivity contribution is 5.98. The van der Waals surface area contributed by atoms with Gasteiger partial charge in [0, 0.05) is 12.1 Å². The van der Waals surface area contributed by atoms with Crippen LogP contribution < -0.4 is 9.47 Å². The van der Waals surface area contributed by atoms with E-state index in [4.69, 9.17) is 9.47 Å². The molecule has 0 saturated carbocycles. The molecule has 1 saturated heterocycles. The second-order valence-electron chi connectivity index (χ2n) is 6.41. The van der Waals surface area contributed by atoms with Crippen LogP contribution >= 0.6 is 0 Å². The summed E-state index contributed by atoms with van der Waals surface area (Å²) in [4.78, 5) is 14.8. The zero-order valence-corrected chi connectivity index (χ0v) is 13.6. The number of carbonyl (C=O) groups excluding carboxylic acids is 1. The molecule has 1 unspecified atom stereocenters. The number of hydrogen-bond donors (Lipinski definition) is 0. The van der Waals surface area contributed by atoms with Gasteiger partial charge in [0.25, 0.3) is 0 Å². The van der Waals surface area contributed by atoms with Crippen molar-refractivity contribution in [2.24, 2.45) is 0 Å². The minimum atomic E-state index is 0.140. The fraction of sp³-hybridized carbons (Fsp3) is 0.350. The van der Waals surface area contributed by atoms with Gasteiger partial charge in [-0.1, -0.05) is 30.3 Å². The second kappa shape index (κ2) is 6.65. The average Bonchev–Trinajstić information content (AvgIpc) is 3.10. The first-order valence-electron chi connectivity index (χ1n) is 8.50. The molecule has 0 amide bonds. The van der Waals surface area contributed by atoms with Crippen molar-refractivity contribution in [3.8, 4) is 11.5 Å². The normalized spacial score (nSPS) is 20.1. The second-order valence-corrected chi connectivity index (χ2v) is 6.41. The van der Waals surface area contributed by atoms with Crippen molar-refractivity contribution in [1.29, 1.82) is 0 Å². The molecule has 4 nitrogen and oxygen atoms in total. The Hall–Kier alpha value is -2.33. The van der Waals surface area contributed by atoms with E-state index in [1.807, 2.05) is 24.3 Å². The summed E-state index contributed by atoms with van der Waals surface area (Å²) in [5.41, 5.74) is 2.06. The van der Waals surface area contributed by atoms with E-state index in [-0.39, 0.29) is 5.78 Å². The monoisotopic (exact) mass is 323 g/mol. The lowest BCUT2D eigenvalue weighted by Crippen LogP contribution is -2.27. The Morgan fingerprint density at radius 3 is 2.67 bits per heavy atom. The number of rotatable bonds is 4. The summed E-state index contributed by atoms with van der Waals surface area (Å²) in [5.74, 6) is 2.07. The largest absolute Gasteiger partial charge is 0.486 e. The van der Waals surface area contributed by atoms with E-state index in [0.29, 0.717) is 37.0 Å². The third-order valence-electron chi connectivity index (χ3n) is 4.77. The van der Waals surface area contributed by atoms with Crippen LogP contribution in [0.15, 0.2) is 48.5 Å². The molecule has 0 spiro atoms. The summed E-state index contributed by atoms with van der Waals surface area (Å²) in [6.45, 7) is 3.48. The number of ether oxygens (including phenoxy) is 2. The Kier molecular flexibility index (Phi) is 4.22. The first-order valence-corrected chi connectivity index (χ1v) is 8.50. The van der Waals surface area contributed by atoms with Crippen LogP contribution in [0.2, 0.25) is 0 Å². The molecule has 0 bridgehead atoms. The van der Waals surface area contributed by atoms with Crippen molar-refractivity contribution in [3.63, 3.8) is 0 Å². The van der Waals surface area contributed by atoms with E-state index >= 15 is 0 Å². The summed E-state index contributed by atoms with van der Waals surface area (Å²) in [7, 11) is 0. The van der Waals surface area contributed by atoms with Gasteiger partial charge in [-0.05, 0) is 42.6 Å². The zero-order chi connectivity index (χ0) is 16.4. The van der Waals surface area contributed by atoms with Crippen molar-refractivity contribution >= 4 is 5.78 Å². The van der Waals surface area contributed by atoms with Crippen molar-refractivity contribution in [1.82, 2.24) is 4.90 Å². The molecule has 2 aliphatic rings. The first-order chi connectivity index (χ1) is 11.8. The molecule has 4 heteroatoms. The van der Waals surface area contributed by atoms with Crippen LogP contribution in [0.5, 0.6) is 11.5 Å². The lowest BCUT2D eigenvalue weighted by molar-refractivity contribution is 0.0943. The molecule has 0 aromatic heterocycles. The molecule has 1 atom stereocenters. The topological polar surface area (TPSA) is 38.8 Å². The third kappa shape index (κ3) is 3.15. The molecule has 2 aromatic carbocycles. The molecule has 0 N–H and O–H groups in total. The number of nitrogens with zero attached hydrogens (tertiary/aromatic N) is 1. The van der Waals surface area contributed by atoms with Crippen LogP contribution in [0.4, 0.5) is 0 Å². The predicted octanol–water partition coefficient (Wildman–Crippen LogP) is 3.13. The summed E-state index contributed by atoms with van der Waals surface area (Å²) in [5, 5.41) is 0. The van der Waals surface area contributed by atoms with Gasteiger partial charge in [0.1, 0.15) is 13.2 Å². The number of ketones is 1. The quantitative estimate of drug-likeness (QED) is 0.810. The standard InChI is InChI=1S/C20H21NO3/c22-18(16-6-7-19-20(12-16)24-11-10-23-19)14-21-9-8-17(13-21)15-4-2-1-3-5-15/h1-7,12,17H,8-11,13-14H2. The highest BCUT2D eigenvalue weighted by Crippen LogP contribution is 2.31. The highest BCUT2D eigenvalue weighted by Gasteiger charge is 2.25. The summed E-state index contributed by atoms with van der Waals surface area (Å²) in [6, 6.07) is 16.0. The van der Waals surface area contributed by atoms with Crippen molar-refractivity contribution in [2.45, 2.75) is 12.3 Å². The predicted molar refractivity (Wildman–Crippen MR) is 92.0 cm³/mol. The number of carbonyl (C=O) groups is 1. The maximum absolute atomic E-state index is 12.6. The van der Waals surface area contributed by atoms with Gasteiger partial charge in [-0.25, -0.2) is 0 Å². The Labute approximate surface area is 142 Å². The van der Waals surface area contributed by atoms with E-state index in [2.05, 4.69) is 29.2 Å². The highest BCUT2D eigenvalue weighted by atomic mass is 16.6. The van der Waals surface area contributed by atoms with Gasteiger partial charge in [0.05, 0.1) is 6.54 Å². The number of hydrogen-bond acceptors (Lipinski definition) is 4. The van der Waals surface area contributed by atoms with Gasteiger partial charge in [-0.3, -0.25) is 9.69 Å². The van der Waals surface area contributed by atoms with Crippen molar-refractivity contribution in [3.05, 3.63) is 59.7 Å². The molecular weight excluding hydrogens is 302 g/mol. The number of Topliss-reactive ketones (excluding diaryl/α,β-unsaturated/α-hetero) is 1. The minimum Gasteiger partial charge on any atom is -0.486 e. The van der Waals surface area contributed by atoms with Gasteiger partial charge < -0.3 is 9.47 Å². The summed E-state index contributed by atoms with van der Waals surface area (Å²) < 4.78 is 11.1. The molecule has 0 radical (unpaired) electrons. The number of fused-ring (bicyclic) bond motifs is 1. The number of benzene rings is 2. The molecule has 24 heavy (non-hydrogen) atoms. The average molecular weight is 323 g/mol. The molecule has 2 aromatic rings. The van der Waals surface area contributed by atoms with E-state index in [1.165, 1.54) is 5.56 Å². The van der Waals surface area contributed by atoms with E-state index in [0.717, 1.165) is 25.3 Å². The van der Waals surface area contributed by atoms with Crippen LogP contribution in [-0.4, -0.2) is 43.5 Å². The molecule has 4 rings (SSSR count). The molecule has 124 valence electrons. The lowest BCUT2D eigenvalue weighted by Gasteiger charge is -2.19. The van der Waals surface area contributed by atoms with Crippen LogP contribution in [0.3, 0.4) is 0 Å². The molecule has 0 aliphatic carbocycles. The van der Waals surface area contributed by atoms with Gasteiger partial charge in [-0.2, -0.15) is 0 Å². The van der Waals surface area contributed by atoms with Crippen LogP contribution in [0.25, 0.3) is 0 Å². The molecule has 2 aliphatic heterocycles. The summed E-state index contributed by atoms with van der Waals surface area (Å²) in [6.07, 6.45) is 1.11. The maximum atomic E-state index is 12.6. The molecular formula is C20H21NO3. The zero-order valence-electron chi connectivity index (χ0n) is 13.6. The third-order valence-corrected chi connectivity index (χ3v) is 4.77. The Bertz CT molecular complexity index is 729. The van der Waals surface area contributed by atoms with E-state index in [1.54, 1.807) is 0 Å². The smallest absolute Gasteiger partial charge is 0.176 e. The van der Waals surface area contributed by atoms with Crippen LogP contribution in [0, 0.1) is 0 Å². The SMILES string of the molecule is O=C(CN1CCC(c2ccccc2)C1)c1ccc2c(c1)OCCO2. The summed E-state index contributed by atoms with van der Waals surface area (Å²) >= 11 is 0. The maximum Gasteiger partial charge on any atom is 0.176 e. The Balaban J connectivity index is 1.40. The fourth-order valence-corrected chi connectivity index (χ4v) is 3.48. The van der Waals surface area contributed by atoms with E-state index in [9.17, 15) is 4.79 Å². The number of likely N-dealkylation sites (tertiary alicyclic amines) is 1. The van der Waals surface area contributed by atoms with Crippen molar-refractivity contribution in [2.75, 3.05) is 32.8 Å². The van der Waals surface area contributed by atoms with Gasteiger partial charge in [-0.15, -0.1) is 0 Å². The fourth-order valence-electron chi connectivity index (χ4n) is 3.48. The molecule has 1 fully saturated rings.